The molecule has 4 heterocycles. The van der Waals surface area contributed by atoms with Crippen molar-refractivity contribution >= 4 is 56.9 Å². The number of benzene rings is 1. The fourth-order valence-corrected chi connectivity index (χ4v) is 7.68. The van der Waals surface area contributed by atoms with E-state index >= 15 is 0 Å². The van der Waals surface area contributed by atoms with Gasteiger partial charge in [-0.1, -0.05) is 18.2 Å². The first-order chi connectivity index (χ1) is 17.9. The first-order valence-electron chi connectivity index (χ1n) is 13.2. The molecule has 1 aromatic carbocycles. The molecule has 1 amide bonds. The number of amidine groups is 1. The van der Waals surface area contributed by atoms with Crippen molar-refractivity contribution in [1.29, 1.82) is 0 Å². The molecule has 2 saturated heterocycles. The van der Waals surface area contributed by atoms with E-state index in [-0.39, 0.29) is 24.2 Å². The van der Waals surface area contributed by atoms with Gasteiger partial charge in [-0.2, -0.15) is 0 Å². The highest BCUT2D eigenvalue weighted by Gasteiger charge is 2.42. The Hall–Kier alpha value is -1.46. The third-order valence-electron chi connectivity index (χ3n) is 7.39. The van der Waals surface area contributed by atoms with Crippen LogP contribution in [0.5, 0.6) is 0 Å². The Morgan fingerprint density at radius 3 is 2.66 bits per heavy atom. The van der Waals surface area contributed by atoms with Crippen LogP contribution in [0.25, 0.3) is 0 Å². The molecule has 8 nitrogen and oxygen atoms in total. The largest absolute Gasteiger partial charge is 0.444 e. The van der Waals surface area contributed by atoms with Gasteiger partial charge >= 0.3 is 6.09 Å². The minimum atomic E-state index is -0.533. The minimum Gasteiger partial charge on any atom is -0.444 e. The predicted octanol–water partition coefficient (Wildman–Crippen LogP) is 5.28. The monoisotopic (exact) mass is 625 g/mol. The average Bonchev–Trinajstić information content (AvgIpc) is 2.85. The summed E-state index contributed by atoms with van der Waals surface area (Å²) in [7, 11) is 0. The molecule has 4 aliphatic heterocycles. The van der Waals surface area contributed by atoms with E-state index in [4.69, 9.17) is 26.1 Å². The fourth-order valence-electron chi connectivity index (χ4n) is 5.58. The van der Waals surface area contributed by atoms with Gasteiger partial charge in [0.2, 0.25) is 0 Å². The molecule has 5 rings (SSSR count). The zero-order valence-corrected chi connectivity index (χ0v) is 26.0. The first kappa shape index (κ1) is 28.1. The lowest BCUT2D eigenvalue weighted by atomic mass is 10.0. The van der Waals surface area contributed by atoms with E-state index < -0.39 is 5.60 Å². The molecule has 0 spiro atoms. The molecule has 3 atom stereocenters. The van der Waals surface area contributed by atoms with Crippen LogP contribution in [0.2, 0.25) is 5.02 Å². The van der Waals surface area contributed by atoms with E-state index in [1.165, 1.54) is 0 Å². The number of anilines is 1. The van der Waals surface area contributed by atoms with Gasteiger partial charge in [0, 0.05) is 61.0 Å². The second kappa shape index (κ2) is 10.8. The Kier molecular flexibility index (Phi) is 8.01. The number of hydrogen-bond acceptors (Lipinski definition) is 8. The second-order valence-electron chi connectivity index (χ2n) is 11.5. The molecule has 11 heteroatoms. The average molecular weight is 627 g/mol. The Morgan fingerprint density at radius 1 is 1.26 bits per heavy atom. The summed E-state index contributed by atoms with van der Waals surface area (Å²) in [5, 5.41) is 0.672. The summed E-state index contributed by atoms with van der Waals surface area (Å²) < 4.78 is 12.2. The summed E-state index contributed by atoms with van der Waals surface area (Å²) in [4.78, 5) is 28.1. The van der Waals surface area contributed by atoms with Crippen LogP contribution < -0.4 is 4.90 Å². The van der Waals surface area contributed by atoms with Crippen LogP contribution in [-0.2, 0) is 9.47 Å². The number of halogens is 2. The number of hydrogen-bond donors (Lipinski definition) is 0. The van der Waals surface area contributed by atoms with Gasteiger partial charge in [0.05, 0.1) is 34.4 Å². The third kappa shape index (κ3) is 5.44. The number of piperazine rings is 1. The lowest BCUT2D eigenvalue weighted by molar-refractivity contribution is 0.000472. The summed E-state index contributed by atoms with van der Waals surface area (Å²) in [5.41, 5.74) is 1.61. The maximum atomic E-state index is 12.9. The summed E-state index contributed by atoms with van der Waals surface area (Å²) in [5.74, 6) is 2.54. The molecule has 208 valence electrons. The van der Waals surface area contributed by atoms with E-state index in [2.05, 4.69) is 51.1 Å². The number of amides is 1. The van der Waals surface area contributed by atoms with Gasteiger partial charge in [-0.25, -0.2) is 9.79 Å². The topological polar surface area (TPSA) is 60.9 Å². The van der Waals surface area contributed by atoms with E-state index in [0.717, 1.165) is 70.9 Å². The summed E-state index contributed by atoms with van der Waals surface area (Å²) in [6.07, 6.45) is -0.274. The van der Waals surface area contributed by atoms with Crippen molar-refractivity contribution in [3.8, 4) is 0 Å². The quantitative estimate of drug-likeness (QED) is 0.443. The van der Waals surface area contributed by atoms with Crippen molar-refractivity contribution in [2.75, 3.05) is 56.6 Å². The van der Waals surface area contributed by atoms with E-state index in [0.29, 0.717) is 18.1 Å². The minimum absolute atomic E-state index is 0.0373. The standard InChI is InChI=1S/C27H37BrClN5O3S/c1-16-13-33(26(35)37-27(4,5)6)17(2)12-32(16)25-20-11-21(29)22(28)24-23(20)34(18(3)30-25)19(15-38-24)14-31-7-9-36-10-8-31/h11,16-17,19H,3,7-10,12-15H2,1-2,4-6H3/t16-,17+,19+/m0/s1. The fraction of sp³-hybridized carbons (Fsp3) is 0.630. The zero-order chi connectivity index (χ0) is 27.4. The number of carbonyl (C=O) groups is 1. The smallest absolute Gasteiger partial charge is 0.410 e. The maximum Gasteiger partial charge on any atom is 0.410 e. The number of aliphatic imine (C=N–C) groups is 1. The van der Waals surface area contributed by atoms with Gasteiger partial charge in [0.15, 0.2) is 0 Å². The highest BCUT2D eigenvalue weighted by atomic mass is 79.9. The van der Waals surface area contributed by atoms with Gasteiger partial charge in [-0.05, 0) is 56.6 Å². The Morgan fingerprint density at radius 2 is 1.97 bits per heavy atom. The molecule has 0 saturated carbocycles. The summed E-state index contributed by atoms with van der Waals surface area (Å²) in [6.45, 7) is 19.9. The van der Waals surface area contributed by atoms with Crippen molar-refractivity contribution in [1.82, 2.24) is 14.7 Å². The molecule has 0 aromatic heterocycles. The highest BCUT2D eigenvalue weighted by molar-refractivity contribution is 9.10. The van der Waals surface area contributed by atoms with Crippen LogP contribution in [0.15, 0.2) is 32.8 Å². The third-order valence-corrected chi connectivity index (χ3v) is 10.2. The SMILES string of the molecule is C=C1N=C(N2C[C@@H](C)N(C(=O)OC(C)(C)C)C[C@@H]2C)c2cc(Cl)c(Br)c3c2N1[C@H](CN1CCOCC1)CS3. The van der Waals surface area contributed by atoms with Crippen molar-refractivity contribution in [3.63, 3.8) is 0 Å². The van der Waals surface area contributed by atoms with Crippen LogP contribution in [0.3, 0.4) is 0 Å². The lowest BCUT2D eigenvalue weighted by Gasteiger charge is -2.49. The van der Waals surface area contributed by atoms with E-state index in [1.807, 2.05) is 43.5 Å². The number of nitrogens with zero attached hydrogens (tertiary/aromatic N) is 5. The van der Waals surface area contributed by atoms with Crippen molar-refractivity contribution in [3.05, 3.63) is 33.5 Å². The zero-order valence-electron chi connectivity index (χ0n) is 22.8. The summed E-state index contributed by atoms with van der Waals surface area (Å²) >= 11 is 12.4. The molecular weight excluding hydrogens is 590 g/mol. The molecule has 0 aliphatic carbocycles. The molecule has 1 aromatic rings. The van der Waals surface area contributed by atoms with Crippen LogP contribution >= 0.6 is 39.3 Å². The molecule has 0 bridgehead atoms. The highest BCUT2D eigenvalue weighted by Crippen LogP contribution is 2.50. The molecule has 0 radical (unpaired) electrons. The molecule has 4 aliphatic rings. The van der Waals surface area contributed by atoms with Gasteiger partial charge in [-0.15, -0.1) is 11.8 Å². The van der Waals surface area contributed by atoms with Crippen LogP contribution in [0.4, 0.5) is 10.5 Å². The van der Waals surface area contributed by atoms with E-state index in [9.17, 15) is 4.79 Å². The number of thioether (sulfide) groups is 1. The molecule has 0 N–H and O–H groups in total. The van der Waals surface area contributed by atoms with Crippen molar-refractivity contribution in [2.24, 2.45) is 4.99 Å². The number of morpholine rings is 1. The number of rotatable bonds is 2. The van der Waals surface area contributed by atoms with Crippen molar-refractivity contribution < 1.29 is 14.3 Å². The van der Waals surface area contributed by atoms with Crippen LogP contribution in [-0.4, -0.2) is 102 Å². The first-order valence-corrected chi connectivity index (χ1v) is 15.4. The Bertz CT molecular complexity index is 1150. The maximum absolute atomic E-state index is 12.9. The molecular formula is C27H37BrClN5O3S. The van der Waals surface area contributed by atoms with Gasteiger partial charge in [0.1, 0.15) is 17.3 Å². The van der Waals surface area contributed by atoms with Crippen molar-refractivity contribution in [2.45, 2.75) is 63.2 Å². The van der Waals surface area contributed by atoms with Crippen LogP contribution in [0, 0.1) is 0 Å². The van der Waals surface area contributed by atoms with Gasteiger partial charge < -0.3 is 24.2 Å². The van der Waals surface area contributed by atoms with Gasteiger partial charge in [0.25, 0.3) is 0 Å². The number of ether oxygens (including phenoxy) is 2. The Balaban J connectivity index is 1.46. The normalized spacial score (nSPS) is 26.3. The Labute approximate surface area is 243 Å². The molecule has 0 unspecified atom stereocenters. The second-order valence-corrected chi connectivity index (χ2v) is 13.7. The number of carbonyl (C=O) groups excluding carboxylic acids is 1. The molecule has 2 fully saturated rings. The predicted molar refractivity (Wildman–Crippen MR) is 158 cm³/mol. The molecule has 38 heavy (non-hydrogen) atoms. The van der Waals surface area contributed by atoms with Gasteiger partial charge in [-0.3, -0.25) is 4.90 Å². The van der Waals surface area contributed by atoms with Crippen LogP contribution in [0.1, 0.15) is 40.2 Å². The lowest BCUT2D eigenvalue weighted by Crippen LogP contribution is -2.61. The summed E-state index contributed by atoms with van der Waals surface area (Å²) in [6, 6.07) is 2.27. The van der Waals surface area contributed by atoms with E-state index in [1.54, 1.807) is 0 Å².